The first kappa shape index (κ1) is 13.3. The van der Waals surface area contributed by atoms with Gasteiger partial charge in [-0.15, -0.1) is 0 Å². The number of fused-ring (bicyclic) bond motifs is 1. The molecule has 0 spiro atoms. The van der Waals surface area contributed by atoms with Crippen molar-refractivity contribution in [2.45, 2.75) is 6.42 Å². The van der Waals surface area contributed by atoms with Crippen molar-refractivity contribution in [2.75, 3.05) is 20.6 Å². The molecule has 102 valence electrons. The highest BCUT2D eigenvalue weighted by molar-refractivity contribution is 5.76. The summed E-state index contributed by atoms with van der Waals surface area (Å²) in [5.74, 6) is -1.39. The minimum absolute atomic E-state index is 0.0195. The second kappa shape index (κ2) is 5.21. The van der Waals surface area contributed by atoms with Crippen LogP contribution >= 0.6 is 0 Å². The standard InChI is InChI=1S/C12H14F2N4O/c1-18(2)12(19)15-6-5-9-16-8-4-3-7(13)10(14)11(8)17-9/h3-4H,5-6H2,1-2H3,(H,15,19)(H,16,17). The van der Waals surface area contributed by atoms with E-state index in [9.17, 15) is 13.6 Å². The molecule has 0 bridgehead atoms. The number of imidazole rings is 1. The van der Waals surface area contributed by atoms with Gasteiger partial charge in [-0.25, -0.2) is 18.6 Å². The smallest absolute Gasteiger partial charge is 0.316 e. The molecule has 1 aromatic heterocycles. The van der Waals surface area contributed by atoms with Crippen LogP contribution in [0.3, 0.4) is 0 Å². The van der Waals surface area contributed by atoms with Crippen LogP contribution in [0.25, 0.3) is 11.0 Å². The number of halogens is 2. The van der Waals surface area contributed by atoms with Crippen molar-refractivity contribution in [1.29, 1.82) is 0 Å². The SMILES string of the molecule is CN(C)C(=O)NCCc1nc2c(F)c(F)ccc2[nH]1. The minimum atomic E-state index is -0.961. The van der Waals surface area contributed by atoms with Crippen molar-refractivity contribution < 1.29 is 13.6 Å². The highest BCUT2D eigenvalue weighted by Gasteiger charge is 2.12. The van der Waals surface area contributed by atoms with Gasteiger partial charge in [0.1, 0.15) is 11.3 Å². The lowest BCUT2D eigenvalue weighted by Crippen LogP contribution is -2.35. The van der Waals surface area contributed by atoms with Gasteiger partial charge in [0.15, 0.2) is 11.6 Å². The molecule has 0 saturated carbocycles. The lowest BCUT2D eigenvalue weighted by molar-refractivity contribution is 0.217. The van der Waals surface area contributed by atoms with E-state index >= 15 is 0 Å². The molecule has 2 rings (SSSR count). The number of aromatic amines is 1. The first-order valence-corrected chi connectivity index (χ1v) is 5.77. The average molecular weight is 268 g/mol. The van der Waals surface area contributed by atoms with Crippen molar-refractivity contribution in [3.05, 3.63) is 29.6 Å². The lowest BCUT2D eigenvalue weighted by atomic mass is 10.3. The number of amides is 2. The van der Waals surface area contributed by atoms with Crippen LogP contribution in [-0.2, 0) is 6.42 Å². The van der Waals surface area contributed by atoms with Gasteiger partial charge in [-0.2, -0.15) is 0 Å². The van der Waals surface area contributed by atoms with Gasteiger partial charge >= 0.3 is 6.03 Å². The number of carbonyl (C=O) groups is 1. The number of nitrogens with zero attached hydrogens (tertiary/aromatic N) is 2. The van der Waals surface area contributed by atoms with Gasteiger partial charge in [0.05, 0.1) is 5.52 Å². The number of urea groups is 1. The molecule has 2 amide bonds. The molecule has 0 fully saturated rings. The van der Waals surface area contributed by atoms with Crippen LogP contribution in [0.5, 0.6) is 0 Å². The molecule has 0 aliphatic carbocycles. The maximum Gasteiger partial charge on any atom is 0.316 e. The minimum Gasteiger partial charge on any atom is -0.342 e. The Labute approximate surface area is 108 Å². The second-order valence-corrected chi connectivity index (χ2v) is 4.32. The maximum atomic E-state index is 13.4. The number of hydrogen-bond acceptors (Lipinski definition) is 2. The number of aromatic nitrogens is 2. The van der Waals surface area contributed by atoms with E-state index < -0.39 is 11.6 Å². The predicted molar refractivity (Wildman–Crippen MR) is 66.8 cm³/mol. The fraction of sp³-hybridized carbons (Fsp3) is 0.333. The summed E-state index contributed by atoms with van der Waals surface area (Å²) >= 11 is 0. The van der Waals surface area contributed by atoms with E-state index in [1.54, 1.807) is 14.1 Å². The fourth-order valence-electron chi connectivity index (χ4n) is 1.63. The van der Waals surface area contributed by atoms with Crippen LogP contribution in [0.1, 0.15) is 5.82 Å². The van der Waals surface area contributed by atoms with Gasteiger partial charge in [-0.3, -0.25) is 0 Å². The summed E-state index contributed by atoms with van der Waals surface area (Å²) in [7, 11) is 3.27. The molecule has 0 radical (unpaired) electrons. The molecule has 0 saturated heterocycles. The van der Waals surface area contributed by atoms with E-state index in [-0.39, 0.29) is 11.5 Å². The zero-order chi connectivity index (χ0) is 14.0. The highest BCUT2D eigenvalue weighted by Crippen LogP contribution is 2.18. The molecule has 2 N–H and O–H groups in total. The van der Waals surface area contributed by atoms with Crippen molar-refractivity contribution in [1.82, 2.24) is 20.2 Å². The van der Waals surface area contributed by atoms with Crippen LogP contribution in [0.2, 0.25) is 0 Å². The van der Waals surface area contributed by atoms with E-state index in [4.69, 9.17) is 0 Å². The number of carbonyl (C=O) groups excluding carboxylic acids is 1. The number of H-pyrrole nitrogens is 1. The Balaban J connectivity index is 2.06. The summed E-state index contributed by atoms with van der Waals surface area (Å²) < 4.78 is 26.4. The maximum absolute atomic E-state index is 13.4. The second-order valence-electron chi connectivity index (χ2n) is 4.32. The third kappa shape index (κ3) is 2.81. The normalized spacial score (nSPS) is 10.7. The van der Waals surface area contributed by atoms with Crippen LogP contribution in [0, 0.1) is 11.6 Å². The summed E-state index contributed by atoms with van der Waals surface area (Å²) in [6, 6.07) is 2.27. The number of nitrogens with one attached hydrogen (secondary N) is 2. The Morgan fingerprint density at radius 2 is 2.16 bits per heavy atom. The van der Waals surface area contributed by atoms with Crippen molar-refractivity contribution >= 4 is 17.1 Å². The number of benzene rings is 1. The van der Waals surface area contributed by atoms with Gasteiger partial charge in [0.2, 0.25) is 0 Å². The van der Waals surface area contributed by atoms with E-state index in [1.165, 1.54) is 11.0 Å². The number of hydrogen-bond donors (Lipinski definition) is 2. The zero-order valence-electron chi connectivity index (χ0n) is 10.6. The topological polar surface area (TPSA) is 61.0 Å². The number of rotatable bonds is 3. The molecule has 0 atom stereocenters. The zero-order valence-corrected chi connectivity index (χ0v) is 10.6. The first-order valence-electron chi connectivity index (χ1n) is 5.77. The van der Waals surface area contributed by atoms with Crippen LogP contribution < -0.4 is 5.32 Å². The molecular weight excluding hydrogens is 254 g/mol. The highest BCUT2D eigenvalue weighted by atomic mass is 19.2. The largest absolute Gasteiger partial charge is 0.342 e. The Morgan fingerprint density at radius 3 is 2.84 bits per heavy atom. The van der Waals surface area contributed by atoms with Crippen molar-refractivity contribution in [3.8, 4) is 0 Å². The molecule has 5 nitrogen and oxygen atoms in total. The van der Waals surface area contributed by atoms with Crippen molar-refractivity contribution in [2.24, 2.45) is 0 Å². The van der Waals surface area contributed by atoms with Gasteiger partial charge in [-0.1, -0.05) is 0 Å². The summed E-state index contributed by atoms with van der Waals surface area (Å²) in [6.07, 6.45) is 0.412. The molecule has 1 heterocycles. The summed E-state index contributed by atoms with van der Waals surface area (Å²) in [6.45, 7) is 0.362. The summed E-state index contributed by atoms with van der Waals surface area (Å²) in [4.78, 5) is 19.6. The molecule has 0 aliphatic heterocycles. The fourth-order valence-corrected chi connectivity index (χ4v) is 1.63. The van der Waals surface area contributed by atoms with Crippen LogP contribution in [0.15, 0.2) is 12.1 Å². The quantitative estimate of drug-likeness (QED) is 0.889. The lowest BCUT2D eigenvalue weighted by Gasteiger charge is -2.10. The molecule has 1 aromatic carbocycles. The van der Waals surface area contributed by atoms with Gasteiger partial charge in [0.25, 0.3) is 0 Å². The Morgan fingerprint density at radius 1 is 1.42 bits per heavy atom. The third-order valence-corrected chi connectivity index (χ3v) is 2.64. The molecule has 0 aliphatic rings. The molecule has 2 aromatic rings. The van der Waals surface area contributed by atoms with Gasteiger partial charge in [0, 0.05) is 27.1 Å². The third-order valence-electron chi connectivity index (χ3n) is 2.64. The first-order chi connectivity index (χ1) is 8.99. The summed E-state index contributed by atoms with van der Waals surface area (Å²) in [5, 5.41) is 2.66. The Hall–Kier alpha value is -2.18. The van der Waals surface area contributed by atoms with Crippen LogP contribution in [-0.4, -0.2) is 41.5 Å². The van der Waals surface area contributed by atoms with E-state index in [1.807, 2.05) is 0 Å². The monoisotopic (exact) mass is 268 g/mol. The van der Waals surface area contributed by atoms with Crippen molar-refractivity contribution in [3.63, 3.8) is 0 Å². The van der Waals surface area contributed by atoms with Gasteiger partial charge < -0.3 is 15.2 Å². The van der Waals surface area contributed by atoms with E-state index in [0.717, 1.165) is 6.07 Å². The Kier molecular flexibility index (Phi) is 3.64. The molecule has 0 unspecified atom stereocenters. The van der Waals surface area contributed by atoms with E-state index in [2.05, 4.69) is 15.3 Å². The van der Waals surface area contributed by atoms with Gasteiger partial charge in [-0.05, 0) is 12.1 Å². The predicted octanol–water partition coefficient (Wildman–Crippen LogP) is 1.65. The Bertz CT molecular complexity index is 609. The summed E-state index contributed by atoms with van der Waals surface area (Å²) in [5.41, 5.74) is 0.418. The molecular formula is C12H14F2N4O. The average Bonchev–Trinajstić information content (AvgIpc) is 2.77. The van der Waals surface area contributed by atoms with E-state index in [0.29, 0.717) is 24.3 Å². The molecule has 7 heteroatoms. The van der Waals surface area contributed by atoms with Crippen LogP contribution in [0.4, 0.5) is 13.6 Å². The molecule has 19 heavy (non-hydrogen) atoms.